The van der Waals surface area contributed by atoms with Crippen LogP contribution in [0.3, 0.4) is 0 Å². The first kappa shape index (κ1) is 31.3. The van der Waals surface area contributed by atoms with Crippen molar-refractivity contribution in [2.75, 3.05) is 32.7 Å². The van der Waals surface area contributed by atoms with Gasteiger partial charge in [0.2, 0.25) is 17.7 Å². The Balaban J connectivity index is 1.61. The molecule has 1 aliphatic heterocycles. The number of unbranched alkanes of at least 4 members (excludes halogenated alkanes) is 2. The number of nitrogens with zero attached hydrogens (tertiary/aromatic N) is 2. The van der Waals surface area contributed by atoms with Crippen molar-refractivity contribution in [3.8, 4) is 0 Å². The molecule has 0 spiro atoms. The lowest BCUT2D eigenvalue weighted by molar-refractivity contribution is -0.151. The van der Waals surface area contributed by atoms with E-state index in [1.165, 1.54) is 15.4 Å². The molecule has 3 rings (SSSR count). The summed E-state index contributed by atoms with van der Waals surface area (Å²) in [7, 11) is 0. The number of aliphatic hydroxyl groups excluding tert-OH is 1. The fraction of sp³-hybridized carbons (Fsp3) is 0.500. The third kappa shape index (κ3) is 9.76. The summed E-state index contributed by atoms with van der Waals surface area (Å²) < 4.78 is 27.7. The highest BCUT2D eigenvalue weighted by Crippen LogP contribution is 2.13. The van der Waals surface area contributed by atoms with Gasteiger partial charge in [-0.25, -0.2) is 8.78 Å². The molecular weight excluding hydrogens is 518 g/mol. The van der Waals surface area contributed by atoms with Crippen LogP contribution in [0.15, 0.2) is 42.5 Å². The summed E-state index contributed by atoms with van der Waals surface area (Å²) in [4.78, 5) is 40.7. The molecule has 218 valence electrons. The van der Waals surface area contributed by atoms with Crippen LogP contribution in [0.1, 0.15) is 49.8 Å². The first-order valence-corrected chi connectivity index (χ1v) is 13.9. The minimum absolute atomic E-state index is 0.0162. The Hall–Kier alpha value is -3.21. The number of aliphatic hydroxyl groups is 1. The minimum Gasteiger partial charge on any atom is -0.390 e. The van der Waals surface area contributed by atoms with Crippen molar-refractivity contribution in [3.05, 3.63) is 70.8 Å². The van der Waals surface area contributed by atoms with Crippen molar-refractivity contribution >= 4 is 17.7 Å². The van der Waals surface area contributed by atoms with Gasteiger partial charge in [0.05, 0.1) is 31.8 Å². The number of benzene rings is 2. The van der Waals surface area contributed by atoms with Crippen LogP contribution in [0.5, 0.6) is 0 Å². The lowest BCUT2D eigenvalue weighted by atomic mass is 10.0. The zero-order valence-corrected chi connectivity index (χ0v) is 23.3. The van der Waals surface area contributed by atoms with Crippen LogP contribution in [0.4, 0.5) is 8.78 Å². The Kier molecular flexibility index (Phi) is 12.2. The molecule has 3 N–H and O–H groups in total. The van der Waals surface area contributed by atoms with E-state index in [-0.39, 0.29) is 50.0 Å². The van der Waals surface area contributed by atoms with Crippen LogP contribution in [-0.4, -0.2) is 77.5 Å². The molecule has 1 aliphatic rings. The van der Waals surface area contributed by atoms with E-state index in [1.807, 2.05) is 25.1 Å². The number of hydrogen-bond acceptors (Lipinski definition) is 6. The largest absolute Gasteiger partial charge is 0.390 e. The van der Waals surface area contributed by atoms with E-state index in [2.05, 4.69) is 23.6 Å². The predicted octanol–water partition coefficient (Wildman–Crippen LogP) is 2.57. The normalized spacial score (nSPS) is 15.8. The molecule has 0 saturated carbocycles. The molecule has 40 heavy (non-hydrogen) atoms. The van der Waals surface area contributed by atoms with Crippen molar-refractivity contribution in [2.45, 2.75) is 64.6 Å². The Labute approximate surface area is 234 Å². The monoisotopic (exact) mass is 558 g/mol. The summed E-state index contributed by atoms with van der Waals surface area (Å²) in [6.07, 6.45) is 2.44. The molecule has 0 aliphatic carbocycles. The summed E-state index contributed by atoms with van der Waals surface area (Å²) >= 11 is 0. The third-order valence-electron chi connectivity index (χ3n) is 6.94. The molecule has 1 heterocycles. The van der Waals surface area contributed by atoms with Crippen LogP contribution >= 0.6 is 0 Å². The molecule has 1 saturated heterocycles. The topological polar surface area (TPSA) is 102 Å². The Bertz CT molecular complexity index is 1120. The smallest absolute Gasteiger partial charge is 0.243 e. The first-order valence-electron chi connectivity index (χ1n) is 13.9. The van der Waals surface area contributed by atoms with Crippen LogP contribution in [0, 0.1) is 11.6 Å². The highest BCUT2D eigenvalue weighted by molar-refractivity contribution is 6.00. The molecular formula is C30H40F2N4O4. The quantitative estimate of drug-likeness (QED) is 0.230. The number of halogens is 2. The zero-order valence-electron chi connectivity index (χ0n) is 23.3. The maximum absolute atomic E-state index is 13.8. The van der Waals surface area contributed by atoms with Gasteiger partial charge in [0, 0.05) is 25.7 Å². The minimum atomic E-state index is -1.08. The predicted molar refractivity (Wildman–Crippen MR) is 148 cm³/mol. The third-order valence-corrected chi connectivity index (χ3v) is 6.94. The van der Waals surface area contributed by atoms with Crippen molar-refractivity contribution in [2.24, 2.45) is 0 Å². The summed E-state index contributed by atoms with van der Waals surface area (Å²) in [6.45, 7) is 4.74. The van der Waals surface area contributed by atoms with E-state index in [4.69, 9.17) is 0 Å². The van der Waals surface area contributed by atoms with Gasteiger partial charge in [-0.15, -0.1) is 0 Å². The lowest BCUT2D eigenvalue weighted by Gasteiger charge is -2.33. The average Bonchev–Trinajstić information content (AvgIpc) is 2.89. The second kappa shape index (κ2) is 15.5. The second-order valence-corrected chi connectivity index (χ2v) is 10.3. The zero-order chi connectivity index (χ0) is 29.1. The SMILES string of the molecule is CCCCCN1C(=O)CN(CC(=O)N[C@@H](Cc2cc(F)cc(F)c2)[C@H](O)CNCc2cccc(CC)c2)CC1=O. The molecule has 2 aromatic rings. The summed E-state index contributed by atoms with van der Waals surface area (Å²) in [5, 5.41) is 16.9. The number of imide groups is 1. The number of carbonyl (C=O) groups is 3. The van der Waals surface area contributed by atoms with Crippen molar-refractivity contribution in [1.82, 2.24) is 20.4 Å². The summed E-state index contributed by atoms with van der Waals surface area (Å²) in [5.41, 5.74) is 2.52. The van der Waals surface area contributed by atoms with E-state index in [0.29, 0.717) is 13.1 Å². The van der Waals surface area contributed by atoms with E-state index in [1.54, 1.807) is 0 Å². The molecule has 8 nitrogen and oxygen atoms in total. The molecule has 0 bridgehead atoms. The van der Waals surface area contributed by atoms with Gasteiger partial charge in [-0.1, -0.05) is 51.0 Å². The molecule has 2 atom stereocenters. The van der Waals surface area contributed by atoms with Crippen LogP contribution in [-0.2, 0) is 33.8 Å². The summed E-state index contributed by atoms with van der Waals surface area (Å²) in [5.74, 6) is -2.70. The fourth-order valence-electron chi connectivity index (χ4n) is 4.82. The molecule has 3 amide bonds. The van der Waals surface area contributed by atoms with Gasteiger partial charge in [-0.05, 0) is 48.1 Å². The van der Waals surface area contributed by atoms with Gasteiger partial charge in [0.15, 0.2) is 0 Å². The van der Waals surface area contributed by atoms with E-state index in [9.17, 15) is 28.3 Å². The number of amides is 3. The molecule has 2 aromatic carbocycles. The van der Waals surface area contributed by atoms with Gasteiger partial charge in [-0.3, -0.25) is 24.2 Å². The van der Waals surface area contributed by atoms with Gasteiger partial charge >= 0.3 is 0 Å². The van der Waals surface area contributed by atoms with Gasteiger partial charge < -0.3 is 15.7 Å². The Morgan fingerprint density at radius 2 is 1.65 bits per heavy atom. The second-order valence-electron chi connectivity index (χ2n) is 10.3. The molecule has 0 aromatic heterocycles. The number of hydrogen-bond donors (Lipinski definition) is 3. The number of aryl methyl sites for hydroxylation is 1. The van der Waals surface area contributed by atoms with E-state index >= 15 is 0 Å². The van der Waals surface area contributed by atoms with Crippen molar-refractivity contribution < 1.29 is 28.3 Å². The molecule has 10 heteroatoms. The van der Waals surface area contributed by atoms with Gasteiger partial charge in [0.25, 0.3) is 0 Å². The highest BCUT2D eigenvalue weighted by Gasteiger charge is 2.32. The van der Waals surface area contributed by atoms with Crippen LogP contribution in [0.2, 0.25) is 0 Å². The number of carbonyl (C=O) groups excluding carboxylic acids is 3. The maximum atomic E-state index is 13.8. The molecule has 0 unspecified atom stereocenters. The highest BCUT2D eigenvalue weighted by atomic mass is 19.1. The van der Waals surface area contributed by atoms with Gasteiger partial charge in [0.1, 0.15) is 11.6 Å². The first-order chi connectivity index (χ1) is 19.2. The number of piperazine rings is 1. The average molecular weight is 559 g/mol. The van der Waals surface area contributed by atoms with Crippen LogP contribution < -0.4 is 10.6 Å². The number of rotatable bonds is 15. The van der Waals surface area contributed by atoms with Gasteiger partial charge in [-0.2, -0.15) is 0 Å². The lowest BCUT2D eigenvalue weighted by Crippen LogP contribution is -2.57. The van der Waals surface area contributed by atoms with Crippen molar-refractivity contribution in [3.63, 3.8) is 0 Å². The Morgan fingerprint density at radius 3 is 2.30 bits per heavy atom. The van der Waals surface area contributed by atoms with Crippen LogP contribution in [0.25, 0.3) is 0 Å². The standard InChI is InChI=1S/C30H40F2N4O4/c1-3-5-6-10-36-29(39)19-35(20-30(36)40)18-28(38)34-26(14-23-12-24(31)15-25(32)13-23)27(37)17-33-16-22-9-7-8-21(4-2)11-22/h7-9,11-13,15,26-27,33,37H,3-6,10,14,16-20H2,1-2H3,(H,34,38)/t26-,27+/m0/s1. The molecule has 1 fully saturated rings. The van der Waals surface area contributed by atoms with E-state index < -0.39 is 29.7 Å². The van der Waals surface area contributed by atoms with Crippen molar-refractivity contribution in [1.29, 1.82) is 0 Å². The summed E-state index contributed by atoms with van der Waals surface area (Å²) in [6, 6.07) is 10.3. The Morgan fingerprint density at radius 1 is 0.975 bits per heavy atom. The van der Waals surface area contributed by atoms with E-state index in [0.717, 1.165) is 49.4 Å². The fourth-order valence-corrected chi connectivity index (χ4v) is 4.82. The molecule has 0 radical (unpaired) electrons. The maximum Gasteiger partial charge on any atom is 0.243 e. The number of nitrogens with one attached hydrogen (secondary N) is 2.